The van der Waals surface area contributed by atoms with Gasteiger partial charge in [-0.15, -0.1) is 57.8 Å². The zero-order chi connectivity index (χ0) is 46.4. The molecule has 0 aliphatic carbocycles. The number of nitrogens with one attached hydrogen (secondary N) is 5. The molecule has 2 aliphatic heterocycles. The summed E-state index contributed by atoms with van der Waals surface area (Å²) in [5.41, 5.74) is 8.50. The van der Waals surface area contributed by atoms with E-state index in [9.17, 15) is 14.4 Å². The maximum absolute atomic E-state index is 12.9. The number of carbonyl (C=O) groups is 3. The van der Waals surface area contributed by atoms with Gasteiger partial charge in [0.25, 0.3) is 0 Å². The number of amides is 3. The van der Waals surface area contributed by atoms with Crippen molar-refractivity contribution in [3.05, 3.63) is 68.4 Å². The van der Waals surface area contributed by atoms with Crippen molar-refractivity contribution in [2.24, 2.45) is 0 Å². The Bertz CT molecular complexity index is 2650. The standard InChI is InChI=1S/C27H36N4O3S2.C22H28N4OS2.ClH/c1-7-17(3)28-12-10-22(32)30-25-23(24-29-19-14-16(2)8-9-20(19)35-24)18-11-13-31(15-21(18)36-25)26(33)34-27(4,5)6;1-4-14(3)24-10-8-19(27)26-22-20(15-7-9-23-12-18(15)29-22)21-25-16-11-13(2)5-6-17(16)28-21;/h8-9,14,17,28H,7,10-13,15H2,1-6H3,(H,30,32);5-6,11,14,23-24H,4,7-10,12H2,1-3H3,(H,26,27);1H/t17-;14-;/m00./s1. The van der Waals surface area contributed by atoms with Gasteiger partial charge in [-0.25, -0.2) is 14.8 Å². The molecule has 8 rings (SSSR count). The number of anilines is 2. The molecule has 4 aromatic heterocycles. The number of carbonyl (C=O) groups excluding carboxylic acids is 3. The Hall–Kier alpha value is -4.00. The maximum atomic E-state index is 12.9. The molecular weight excluding hydrogens is 928 g/mol. The summed E-state index contributed by atoms with van der Waals surface area (Å²) in [4.78, 5) is 52.2. The van der Waals surface area contributed by atoms with E-state index in [1.165, 1.54) is 31.8 Å². The molecule has 6 heterocycles. The van der Waals surface area contributed by atoms with Crippen LogP contribution in [0.3, 0.4) is 0 Å². The van der Waals surface area contributed by atoms with Gasteiger partial charge in [0.05, 0.1) is 27.0 Å². The Morgan fingerprint density at radius 3 is 1.76 bits per heavy atom. The predicted octanol–water partition coefficient (Wildman–Crippen LogP) is 11.5. The number of rotatable bonds is 14. The van der Waals surface area contributed by atoms with Gasteiger partial charge in [-0.3, -0.25) is 9.59 Å². The third kappa shape index (κ3) is 12.9. The van der Waals surface area contributed by atoms with E-state index in [1.54, 1.807) is 50.2 Å². The molecule has 2 atom stereocenters. The molecule has 0 radical (unpaired) electrons. The lowest BCUT2D eigenvalue weighted by Crippen LogP contribution is -2.39. The van der Waals surface area contributed by atoms with Gasteiger partial charge in [0.2, 0.25) is 11.8 Å². The van der Waals surface area contributed by atoms with Crippen LogP contribution in [0, 0.1) is 13.8 Å². The van der Waals surface area contributed by atoms with Crippen molar-refractivity contribution >= 4 is 106 Å². The van der Waals surface area contributed by atoms with Crippen LogP contribution in [0.2, 0.25) is 0 Å². The Balaban J connectivity index is 0.000000220. The number of aryl methyl sites for hydroxylation is 2. The summed E-state index contributed by atoms with van der Waals surface area (Å²) in [6.45, 7) is 22.5. The minimum Gasteiger partial charge on any atom is -0.444 e. The largest absolute Gasteiger partial charge is 0.444 e. The fourth-order valence-electron chi connectivity index (χ4n) is 7.67. The van der Waals surface area contributed by atoms with E-state index in [0.29, 0.717) is 57.5 Å². The lowest BCUT2D eigenvalue weighted by Gasteiger charge is -2.30. The fourth-order valence-corrected chi connectivity index (χ4v) is 12.4. The normalized spacial score (nSPS) is 14.4. The first kappa shape index (κ1) is 51.4. The second-order valence-electron chi connectivity index (χ2n) is 18.1. The van der Waals surface area contributed by atoms with Crippen molar-refractivity contribution in [3.63, 3.8) is 0 Å². The maximum Gasteiger partial charge on any atom is 0.410 e. The van der Waals surface area contributed by atoms with Gasteiger partial charge in [-0.2, -0.15) is 0 Å². The highest BCUT2D eigenvalue weighted by Crippen LogP contribution is 2.47. The number of hydrogen-bond acceptors (Lipinski definition) is 13. The summed E-state index contributed by atoms with van der Waals surface area (Å²) in [7, 11) is 0. The monoisotopic (exact) mass is 992 g/mol. The molecule has 3 amide bonds. The van der Waals surface area contributed by atoms with E-state index in [4.69, 9.17) is 14.7 Å². The molecule has 0 saturated heterocycles. The zero-order valence-electron chi connectivity index (χ0n) is 39.6. The predicted molar refractivity (Wildman–Crippen MR) is 280 cm³/mol. The van der Waals surface area contributed by atoms with Crippen molar-refractivity contribution in [2.45, 2.75) is 132 Å². The lowest BCUT2D eigenvalue weighted by atomic mass is 10.0. The van der Waals surface area contributed by atoms with Crippen LogP contribution in [-0.4, -0.2) is 76.6 Å². The average molecular weight is 994 g/mol. The van der Waals surface area contributed by atoms with Gasteiger partial charge in [-0.05, 0) is 127 Å². The van der Waals surface area contributed by atoms with Crippen molar-refractivity contribution in [3.8, 4) is 21.1 Å². The quantitative estimate of drug-likeness (QED) is 0.0719. The minimum atomic E-state index is -0.542. The topological polar surface area (TPSA) is 150 Å². The molecule has 17 heteroatoms. The number of aromatic nitrogens is 2. The van der Waals surface area contributed by atoms with Crippen molar-refractivity contribution in [2.75, 3.05) is 36.8 Å². The molecule has 0 saturated carbocycles. The van der Waals surface area contributed by atoms with Crippen molar-refractivity contribution in [1.82, 2.24) is 30.8 Å². The highest BCUT2D eigenvalue weighted by molar-refractivity contribution is 7.23. The molecule has 6 aromatic rings. The van der Waals surface area contributed by atoms with E-state index < -0.39 is 5.60 Å². The molecule has 0 unspecified atom stereocenters. The SMILES string of the molecule is CC[C@H](C)NCCC(=O)Nc1sc2c(c1-c1nc3cc(C)ccc3s1)CCN(C(=O)OC(C)(C)C)C2.CC[C@H](C)NCCC(=O)Nc1sc2c(c1-c1nc3cc(C)ccc3s1)CCNC2.Cl. The molecular formula is C49H65ClN8O4S4. The summed E-state index contributed by atoms with van der Waals surface area (Å²) in [6.07, 6.45) is 4.32. The van der Waals surface area contributed by atoms with Crippen molar-refractivity contribution < 1.29 is 19.1 Å². The van der Waals surface area contributed by atoms with E-state index in [1.807, 2.05) is 20.8 Å². The Morgan fingerprint density at radius 2 is 1.26 bits per heavy atom. The number of ether oxygens (including phenoxy) is 1. The number of thiophene rings is 2. The Labute approximate surface area is 411 Å². The van der Waals surface area contributed by atoms with E-state index in [-0.39, 0.29) is 30.3 Å². The summed E-state index contributed by atoms with van der Waals surface area (Å²) >= 11 is 6.60. The van der Waals surface area contributed by atoms with Crippen molar-refractivity contribution in [1.29, 1.82) is 0 Å². The lowest BCUT2D eigenvalue weighted by molar-refractivity contribution is -0.116. The van der Waals surface area contributed by atoms with Gasteiger partial charge in [0.1, 0.15) is 25.6 Å². The average Bonchev–Trinajstić information content (AvgIpc) is 4.04. The molecule has 2 aromatic carbocycles. The molecule has 66 heavy (non-hydrogen) atoms. The van der Waals surface area contributed by atoms with Gasteiger partial charge in [0, 0.05) is 72.0 Å². The second kappa shape index (κ2) is 22.9. The molecule has 0 bridgehead atoms. The number of benzene rings is 2. The Morgan fingerprint density at radius 1 is 0.758 bits per heavy atom. The number of thiazole rings is 2. The molecule has 0 spiro atoms. The molecule has 5 N–H and O–H groups in total. The fraction of sp³-hybridized carbons (Fsp3) is 0.490. The summed E-state index contributed by atoms with van der Waals surface area (Å²) in [5, 5.41) is 20.3. The van der Waals surface area contributed by atoms with Crippen LogP contribution in [0.1, 0.15) is 106 Å². The smallest absolute Gasteiger partial charge is 0.410 e. The van der Waals surface area contributed by atoms with Crippen LogP contribution in [0.15, 0.2) is 36.4 Å². The van der Waals surface area contributed by atoms with Crippen LogP contribution < -0.4 is 26.6 Å². The van der Waals surface area contributed by atoms with E-state index >= 15 is 0 Å². The van der Waals surface area contributed by atoms with Gasteiger partial charge < -0.3 is 36.2 Å². The first-order valence-corrected chi connectivity index (χ1v) is 26.1. The third-order valence-corrected chi connectivity index (χ3v) is 16.0. The van der Waals surface area contributed by atoms with Crippen LogP contribution in [0.4, 0.5) is 14.8 Å². The number of halogens is 1. The van der Waals surface area contributed by atoms with Crippen LogP contribution in [0.25, 0.3) is 41.6 Å². The van der Waals surface area contributed by atoms with Crippen LogP contribution in [0.5, 0.6) is 0 Å². The minimum absolute atomic E-state index is 0. The summed E-state index contributed by atoms with van der Waals surface area (Å²) in [6, 6.07) is 13.5. The molecule has 12 nitrogen and oxygen atoms in total. The van der Waals surface area contributed by atoms with E-state index in [0.717, 1.165) is 84.1 Å². The highest BCUT2D eigenvalue weighted by Gasteiger charge is 2.32. The number of fused-ring (bicyclic) bond motifs is 4. The summed E-state index contributed by atoms with van der Waals surface area (Å²) < 4.78 is 7.92. The summed E-state index contributed by atoms with van der Waals surface area (Å²) in [5.74, 6) is 0.0390. The zero-order valence-corrected chi connectivity index (χ0v) is 43.7. The van der Waals surface area contributed by atoms with E-state index in [2.05, 4.69) is 105 Å². The van der Waals surface area contributed by atoms with Crippen LogP contribution in [-0.2, 0) is 40.3 Å². The number of nitrogens with zero attached hydrogens (tertiary/aromatic N) is 3. The van der Waals surface area contributed by atoms with Gasteiger partial charge >= 0.3 is 6.09 Å². The molecule has 2 aliphatic rings. The molecule has 0 fully saturated rings. The highest BCUT2D eigenvalue weighted by atomic mass is 35.5. The number of hydrogen-bond donors (Lipinski definition) is 5. The molecule has 356 valence electrons. The first-order chi connectivity index (χ1) is 31.1. The van der Waals surface area contributed by atoms with Gasteiger partial charge in [-0.1, -0.05) is 26.0 Å². The third-order valence-electron chi connectivity index (χ3n) is 11.6. The Kier molecular flexibility index (Phi) is 17.8. The second-order valence-corrected chi connectivity index (χ2v) is 22.4. The first-order valence-electron chi connectivity index (χ1n) is 22.9. The van der Waals surface area contributed by atoms with Crippen LogP contribution >= 0.6 is 57.8 Å². The van der Waals surface area contributed by atoms with Gasteiger partial charge in [0.15, 0.2) is 0 Å².